The van der Waals surface area contributed by atoms with E-state index in [1.807, 2.05) is 0 Å². The molecule has 9 heteroatoms. The van der Waals surface area contributed by atoms with Crippen LogP contribution in [0.3, 0.4) is 0 Å². The highest BCUT2D eigenvalue weighted by molar-refractivity contribution is 7.92. The molecule has 0 bridgehead atoms. The molecule has 0 aromatic heterocycles. The highest BCUT2D eigenvalue weighted by Gasteiger charge is 2.23. The molecule has 0 heterocycles. The van der Waals surface area contributed by atoms with Crippen molar-refractivity contribution in [1.82, 2.24) is 0 Å². The molecule has 28 heavy (non-hydrogen) atoms. The van der Waals surface area contributed by atoms with Gasteiger partial charge in [0, 0.05) is 0 Å². The van der Waals surface area contributed by atoms with Gasteiger partial charge in [-0.2, -0.15) is 0 Å². The molecule has 2 aromatic carbocycles. The third-order valence-electron chi connectivity index (χ3n) is 3.98. The van der Waals surface area contributed by atoms with E-state index in [1.54, 1.807) is 49.4 Å². The predicted molar refractivity (Wildman–Crippen MR) is 107 cm³/mol. The third-order valence-corrected chi connectivity index (χ3v) is 6.92. The van der Waals surface area contributed by atoms with Crippen LogP contribution in [-0.2, 0) is 29.4 Å². The molecule has 0 aliphatic rings. The smallest absolute Gasteiger partial charge is 0.326 e. The summed E-state index contributed by atoms with van der Waals surface area (Å²) >= 11 is 0. The molecule has 0 aliphatic heterocycles. The average Bonchev–Trinajstić information content (AvgIpc) is 2.64. The molecule has 0 radical (unpaired) electrons. The summed E-state index contributed by atoms with van der Waals surface area (Å²) in [5.41, 5.74) is 1.10. The van der Waals surface area contributed by atoms with Gasteiger partial charge < -0.3 is 4.74 Å². The summed E-state index contributed by atoms with van der Waals surface area (Å²) in [6.07, 6.45) is 1.13. The van der Waals surface area contributed by atoms with Crippen LogP contribution >= 0.6 is 0 Å². The molecule has 0 saturated carbocycles. The lowest BCUT2D eigenvalue weighted by atomic mass is 10.2. The molecular formula is C19H23NO6S2. The van der Waals surface area contributed by atoms with Crippen molar-refractivity contribution in [2.45, 2.75) is 18.2 Å². The van der Waals surface area contributed by atoms with Gasteiger partial charge in [-0.05, 0) is 37.1 Å². The Morgan fingerprint density at radius 1 is 0.964 bits per heavy atom. The summed E-state index contributed by atoms with van der Waals surface area (Å²) in [6, 6.07) is 14.8. The number of nitrogens with zero attached hydrogens (tertiary/aromatic N) is 1. The summed E-state index contributed by atoms with van der Waals surface area (Å²) in [4.78, 5) is 12.3. The van der Waals surface area contributed by atoms with Gasteiger partial charge in [-0.1, -0.05) is 36.4 Å². The van der Waals surface area contributed by atoms with E-state index < -0.39 is 32.4 Å². The molecule has 0 saturated heterocycles. The van der Waals surface area contributed by atoms with Crippen LogP contribution in [0.2, 0.25) is 0 Å². The molecule has 0 spiro atoms. The topological polar surface area (TPSA) is 97.8 Å². The van der Waals surface area contributed by atoms with Gasteiger partial charge in [-0.15, -0.1) is 0 Å². The Morgan fingerprint density at radius 3 is 2.18 bits per heavy atom. The highest BCUT2D eigenvalue weighted by Crippen LogP contribution is 2.21. The van der Waals surface area contributed by atoms with Crippen molar-refractivity contribution in [2.24, 2.45) is 0 Å². The van der Waals surface area contributed by atoms with Gasteiger partial charge in [0.15, 0.2) is 9.84 Å². The number of anilines is 1. The Labute approximate surface area is 165 Å². The Kier molecular flexibility index (Phi) is 7.20. The largest absolute Gasteiger partial charge is 0.464 e. The van der Waals surface area contributed by atoms with Crippen LogP contribution in [0.15, 0.2) is 59.5 Å². The Bertz CT molecular complexity index is 1020. The number of carbonyl (C=O) groups is 1. The second kappa shape index (κ2) is 9.20. The monoisotopic (exact) mass is 425 g/mol. The van der Waals surface area contributed by atoms with Crippen LogP contribution in [0.5, 0.6) is 0 Å². The van der Waals surface area contributed by atoms with Crippen molar-refractivity contribution in [3.05, 3.63) is 60.2 Å². The number of aryl methyl sites for hydroxylation is 1. The maximum atomic E-state index is 12.2. The second-order valence-electron chi connectivity index (χ2n) is 6.26. The molecule has 0 N–H and O–H groups in total. The van der Waals surface area contributed by atoms with Crippen LogP contribution in [0.4, 0.5) is 5.69 Å². The molecule has 2 rings (SSSR count). The van der Waals surface area contributed by atoms with Crippen LogP contribution in [0, 0.1) is 6.92 Å². The van der Waals surface area contributed by atoms with E-state index >= 15 is 0 Å². The number of sulfonamides is 1. The van der Waals surface area contributed by atoms with Crippen molar-refractivity contribution in [2.75, 3.05) is 29.5 Å². The van der Waals surface area contributed by atoms with E-state index in [1.165, 1.54) is 12.1 Å². The summed E-state index contributed by atoms with van der Waals surface area (Å²) in [6.45, 7) is 1.15. The minimum atomic E-state index is -3.69. The Morgan fingerprint density at radius 2 is 1.57 bits per heavy atom. The van der Waals surface area contributed by atoms with E-state index in [0.29, 0.717) is 11.3 Å². The maximum absolute atomic E-state index is 12.2. The third kappa shape index (κ3) is 6.07. The van der Waals surface area contributed by atoms with Crippen LogP contribution in [0.25, 0.3) is 0 Å². The molecular weight excluding hydrogens is 402 g/mol. The summed E-state index contributed by atoms with van der Waals surface area (Å²) in [7, 11) is -7.14. The molecule has 2 aromatic rings. The van der Waals surface area contributed by atoms with Gasteiger partial charge in [0.1, 0.15) is 6.54 Å². The highest BCUT2D eigenvalue weighted by atomic mass is 32.2. The van der Waals surface area contributed by atoms with E-state index in [-0.39, 0.29) is 23.7 Å². The molecule has 152 valence electrons. The SMILES string of the molecule is Cc1ccccc1N(CC(=O)OCCCS(=O)(=O)c1ccccc1)S(C)(=O)=O. The molecule has 0 unspecified atom stereocenters. The van der Waals surface area contributed by atoms with Gasteiger partial charge in [-0.25, -0.2) is 16.8 Å². The van der Waals surface area contributed by atoms with Gasteiger partial charge in [0.2, 0.25) is 10.0 Å². The number of carbonyl (C=O) groups excluding carboxylic acids is 1. The lowest BCUT2D eigenvalue weighted by Crippen LogP contribution is -2.36. The minimum Gasteiger partial charge on any atom is -0.464 e. The van der Waals surface area contributed by atoms with E-state index in [2.05, 4.69) is 0 Å². The first-order valence-electron chi connectivity index (χ1n) is 8.58. The lowest BCUT2D eigenvalue weighted by molar-refractivity contribution is -0.141. The lowest BCUT2D eigenvalue weighted by Gasteiger charge is -2.23. The summed E-state index contributed by atoms with van der Waals surface area (Å²) in [5, 5.41) is 0. The van der Waals surface area contributed by atoms with Crippen molar-refractivity contribution < 1.29 is 26.4 Å². The Balaban J connectivity index is 1.93. The first-order valence-corrected chi connectivity index (χ1v) is 12.1. The van der Waals surface area contributed by atoms with Crippen molar-refractivity contribution in [3.8, 4) is 0 Å². The van der Waals surface area contributed by atoms with Crippen LogP contribution in [0.1, 0.15) is 12.0 Å². The van der Waals surface area contributed by atoms with Gasteiger partial charge >= 0.3 is 5.97 Å². The second-order valence-corrected chi connectivity index (χ2v) is 10.3. The number of sulfone groups is 1. The summed E-state index contributed by atoms with van der Waals surface area (Å²) < 4.78 is 54.5. The number of benzene rings is 2. The zero-order valence-corrected chi connectivity index (χ0v) is 17.4. The molecule has 0 fully saturated rings. The molecule has 0 aliphatic carbocycles. The average molecular weight is 426 g/mol. The summed E-state index contributed by atoms with van der Waals surface area (Å²) in [5.74, 6) is -0.913. The zero-order valence-electron chi connectivity index (χ0n) is 15.7. The minimum absolute atomic E-state index is 0.115. The standard InChI is InChI=1S/C19H23NO6S2/c1-16-9-6-7-12-18(16)20(27(2,22)23)15-19(21)26-13-8-14-28(24,25)17-10-4-3-5-11-17/h3-7,9-12H,8,13-15H2,1-2H3. The fourth-order valence-electron chi connectivity index (χ4n) is 2.57. The number of para-hydroxylation sites is 1. The van der Waals surface area contributed by atoms with E-state index in [0.717, 1.165) is 10.6 Å². The first kappa shape index (κ1) is 21.9. The Hall–Kier alpha value is -2.39. The normalized spacial score (nSPS) is 11.8. The van der Waals surface area contributed by atoms with Gasteiger partial charge in [-0.3, -0.25) is 9.10 Å². The van der Waals surface area contributed by atoms with Crippen molar-refractivity contribution in [1.29, 1.82) is 0 Å². The number of rotatable bonds is 9. The zero-order chi connectivity index (χ0) is 20.8. The fraction of sp³-hybridized carbons (Fsp3) is 0.316. The van der Waals surface area contributed by atoms with Crippen LogP contribution < -0.4 is 4.31 Å². The first-order chi connectivity index (χ1) is 13.1. The molecule has 7 nitrogen and oxygen atoms in total. The molecule has 0 atom stereocenters. The van der Waals surface area contributed by atoms with Crippen LogP contribution in [-0.4, -0.2) is 48.0 Å². The number of hydrogen-bond donors (Lipinski definition) is 0. The number of esters is 1. The van der Waals surface area contributed by atoms with E-state index in [9.17, 15) is 21.6 Å². The fourth-order valence-corrected chi connectivity index (χ4v) is 4.78. The quantitative estimate of drug-likeness (QED) is 0.451. The van der Waals surface area contributed by atoms with Crippen molar-refractivity contribution >= 4 is 31.5 Å². The predicted octanol–water partition coefficient (Wildman–Crippen LogP) is 2.17. The maximum Gasteiger partial charge on any atom is 0.326 e. The van der Waals surface area contributed by atoms with Gasteiger partial charge in [0.25, 0.3) is 0 Å². The number of hydrogen-bond acceptors (Lipinski definition) is 6. The molecule has 0 amide bonds. The van der Waals surface area contributed by atoms with Gasteiger partial charge in [0.05, 0.1) is 29.2 Å². The number of ether oxygens (including phenoxy) is 1. The van der Waals surface area contributed by atoms with Crippen molar-refractivity contribution in [3.63, 3.8) is 0 Å². The van der Waals surface area contributed by atoms with E-state index in [4.69, 9.17) is 4.74 Å².